The Morgan fingerprint density at radius 3 is 1.91 bits per heavy atom. The average molecular weight is 311 g/mol. The maximum atomic E-state index is 11.2. The van der Waals surface area contributed by atoms with Crippen molar-refractivity contribution in [3.05, 3.63) is 54.6 Å². The number of piperazine rings is 1. The molecule has 120 valence electrons. The highest BCUT2D eigenvalue weighted by molar-refractivity contribution is 5.84. The Morgan fingerprint density at radius 1 is 0.870 bits per heavy atom. The number of hydrogen-bond acceptors (Lipinski definition) is 4. The highest BCUT2D eigenvalue weighted by atomic mass is 16.5. The van der Waals surface area contributed by atoms with Crippen LogP contribution in [-0.4, -0.2) is 39.4 Å². The number of carbonyl (C=O) groups excluding carboxylic acids is 1. The summed E-state index contributed by atoms with van der Waals surface area (Å²) in [5, 5.41) is 2.66. The molecule has 2 aromatic carbocycles. The number of methoxy groups -OCH3 is 1. The van der Waals surface area contributed by atoms with E-state index in [1.165, 1.54) is 18.5 Å². The van der Waals surface area contributed by atoms with Crippen LogP contribution in [-0.2, 0) is 4.74 Å². The Hall–Kier alpha value is -2.69. The first kappa shape index (κ1) is 15.2. The number of anilines is 3. The topological polar surface area (TPSA) is 44.8 Å². The van der Waals surface area contributed by atoms with Gasteiger partial charge >= 0.3 is 6.09 Å². The van der Waals surface area contributed by atoms with Crippen LogP contribution in [0, 0.1) is 0 Å². The molecule has 1 saturated heterocycles. The second-order valence-corrected chi connectivity index (χ2v) is 5.47. The van der Waals surface area contributed by atoms with E-state index < -0.39 is 6.09 Å². The molecular weight excluding hydrogens is 290 g/mol. The van der Waals surface area contributed by atoms with Gasteiger partial charge in [-0.15, -0.1) is 0 Å². The maximum absolute atomic E-state index is 11.2. The number of nitrogens with one attached hydrogen (secondary N) is 1. The van der Waals surface area contributed by atoms with E-state index in [4.69, 9.17) is 0 Å². The number of rotatable bonds is 3. The summed E-state index contributed by atoms with van der Waals surface area (Å²) in [4.78, 5) is 16.0. The van der Waals surface area contributed by atoms with Crippen LogP contribution in [0.1, 0.15) is 0 Å². The molecule has 1 aliphatic rings. The number of carbonyl (C=O) groups is 1. The quantitative estimate of drug-likeness (QED) is 0.945. The normalized spacial score (nSPS) is 14.5. The second kappa shape index (κ2) is 7.05. The molecule has 0 spiro atoms. The predicted octanol–water partition coefficient (Wildman–Crippen LogP) is 3.19. The fourth-order valence-corrected chi connectivity index (χ4v) is 2.79. The number of nitrogens with zero attached hydrogens (tertiary/aromatic N) is 2. The van der Waals surface area contributed by atoms with Crippen LogP contribution in [0.25, 0.3) is 0 Å². The lowest BCUT2D eigenvalue weighted by Gasteiger charge is -2.37. The second-order valence-electron chi connectivity index (χ2n) is 5.47. The first-order chi connectivity index (χ1) is 11.3. The van der Waals surface area contributed by atoms with E-state index in [0.717, 1.165) is 31.9 Å². The summed E-state index contributed by atoms with van der Waals surface area (Å²) in [5.41, 5.74) is 3.20. The Labute approximate surface area is 136 Å². The summed E-state index contributed by atoms with van der Waals surface area (Å²) in [7, 11) is 1.36. The van der Waals surface area contributed by atoms with Gasteiger partial charge in [-0.2, -0.15) is 0 Å². The molecular formula is C18H21N3O2. The van der Waals surface area contributed by atoms with Crippen LogP contribution >= 0.6 is 0 Å². The average Bonchev–Trinajstić information content (AvgIpc) is 2.63. The van der Waals surface area contributed by atoms with Crippen molar-refractivity contribution in [2.45, 2.75) is 0 Å². The van der Waals surface area contributed by atoms with E-state index in [1.807, 2.05) is 30.3 Å². The van der Waals surface area contributed by atoms with E-state index in [-0.39, 0.29) is 0 Å². The van der Waals surface area contributed by atoms with Crippen molar-refractivity contribution in [3.8, 4) is 0 Å². The molecule has 5 heteroatoms. The Morgan fingerprint density at radius 2 is 1.39 bits per heavy atom. The molecule has 2 aromatic rings. The maximum Gasteiger partial charge on any atom is 0.411 e. The predicted molar refractivity (Wildman–Crippen MR) is 93.3 cm³/mol. The first-order valence-electron chi connectivity index (χ1n) is 7.76. The van der Waals surface area contributed by atoms with Gasteiger partial charge in [-0.05, 0) is 36.4 Å². The van der Waals surface area contributed by atoms with Crippen molar-refractivity contribution < 1.29 is 9.53 Å². The van der Waals surface area contributed by atoms with Gasteiger partial charge in [-0.25, -0.2) is 4.79 Å². The standard InChI is InChI=1S/C18H21N3O2/c1-23-18(22)19-15-7-9-17(10-8-15)21-13-11-20(12-14-21)16-5-3-2-4-6-16/h2-10H,11-14H2,1H3,(H,19,22). The molecule has 0 unspecified atom stereocenters. The highest BCUT2D eigenvalue weighted by Crippen LogP contribution is 2.22. The van der Waals surface area contributed by atoms with E-state index in [2.05, 4.69) is 44.1 Å². The van der Waals surface area contributed by atoms with Crippen LogP contribution in [0.4, 0.5) is 21.9 Å². The van der Waals surface area contributed by atoms with E-state index in [0.29, 0.717) is 0 Å². The molecule has 0 radical (unpaired) electrons. The Kier molecular flexibility index (Phi) is 4.66. The summed E-state index contributed by atoms with van der Waals surface area (Å²) in [5.74, 6) is 0. The smallest absolute Gasteiger partial charge is 0.411 e. The van der Waals surface area contributed by atoms with Crippen molar-refractivity contribution in [2.75, 3.05) is 48.4 Å². The van der Waals surface area contributed by atoms with E-state index in [9.17, 15) is 4.79 Å². The van der Waals surface area contributed by atoms with Crippen molar-refractivity contribution in [1.82, 2.24) is 0 Å². The molecule has 1 aliphatic heterocycles. The molecule has 23 heavy (non-hydrogen) atoms. The van der Waals surface area contributed by atoms with Crippen molar-refractivity contribution in [1.29, 1.82) is 0 Å². The van der Waals surface area contributed by atoms with Crippen LogP contribution < -0.4 is 15.1 Å². The fraction of sp³-hybridized carbons (Fsp3) is 0.278. The summed E-state index contributed by atoms with van der Waals surface area (Å²) in [6.07, 6.45) is -0.450. The number of amides is 1. The monoisotopic (exact) mass is 311 g/mol. The minimum atomic E-state index is -0.450. The Bertz CT molecular complexity index is 635. The third-order valence-corrected chi connectivity index (χ3v) is 4.07. The number of para-hydroxylation sites is 1. The van der Waals surface area contributed by atoms with Gasteiger partial charge in [0.2, 0.25) is 0 Å². The van der Waals surface area contributed by atoms with Crippen LogP contribution in [0.2, 0.25) is 0 Å². The lowest BCUT2D eigenvalue weighted by molar-refractivity contribution is 0.187. The molecule has 0 aromatic heterocycles. The lowest BCUT2D eigenvalue weighted by atomic mass is 10.2. The molecule has 0 saturated carbocycles. The van der Waals surface area contributed by atoms with Gasteiger partial charge in [0.1, 0.15) is 0 Å². The number of hydrogen-bond donors (Lipinski definition) is 1. The zero-order chi connectivity index (χ0) is 16.1. The van der Waals surface area contributed by atoms with Gasteiger partial charge in [0.05, 0.1) is 7.11 Å². The van der Waals surface area contributed by atoms with Gasteiger partial charge in [-0.1, -0.05) is 18.2 Å². The van der Waals surface area contributed by atoms with E-state index in [1.54, 1.807) is 0 Å². The molecule has 0 atom stereocenters. The third-order valence-electron chi connectivity index (χ3n) is 4.07. The zero-order valence-electron chi connectivity index (χ0n) is 13.2. The Balaban J connectivity index is 1.58. The minimum absolute atomic E-state index is 0.450. The third kappa shape index (κ3) is 3.74. The molecule has 1 N–H and O–H groups in total. The van der Waals surface area contributed by atoms with Gasteiger partial charge in [-0.3, -0.25) is 5.32 Å². The molecule has 5 nitrogen and oxygen atoms in total. The zero-order valence-corrected chi connectivity index (χ0v) is 13.2. The summed E-state index contributed by atoms with van der Waals surface area (Å²) in [6, 6.07) is 18.4. The summed E-state index contributed by atoms with van der Waals surface area (Å²) in [6.45, 7) is 3.98. The molecule has 0 bridgehead atoms. The minimum Gasteiger partial charge on any atom is -0.453 e. The summed E-state index contributed by atoms with van der Waals surface area (Å²) < 4.78 is 4.59. The van der Waals surface area contributed by atoms with Crippen molar-refractivity contribution >= 4 is 23.2 Å². The summed E-state index contributed by atoms with van der Waals surface area (Å²) >= 11 is 0. The number of benzene rings is 2. The SMILES string of the molecule is COC(=O)Nc1ccc(N2CCN(c3ccccc3)CC2)cc1. The van der Waals surface area contributed by atoms with Crippen molar-refractivity contribution in [3.63, 3.8) is 0 Å². The van der Waals surface area contributed by atoms with Crippen LogP contribution in [0.3, 0.4) is 0 Å². The van der Waals surface area contributed by atoms with Gasteiger partial charge in [0, 0.05) is 43.2 Å². The molecule has 1 heterocycles. The van der Waals surface area contributed by atoms with Gasteiger partial charge in [0.25, 0.3) is 0 Å². The first-order valence-corrected chi connectivity index (χ1v) is 7.76. The van der Waals surface area contributed by atoms with E-state index >= 15 is 0 Å². The largest absolute Gasteiger partial charge is 0.453 e. The lowest BCUT2D eigenvalue weighted by Crippen LogP contribution is -2.46. The van der Waals surface area contributed by atoms with Crippen LogP contribution in [0.15, 0.2) is 54.6 Å². The molecule has 1 fully saturated rings. The van der Waals surface area contributed by atoms with Gasteiger partial charge < -0.3 is 14.5 Å². The molecule has 3 rings (SSSR count). The van der Waals surface area contributed by atoms with Crippen molar-refractivity contribution in [2.24, 2.45) is 0 Å². The number of ether oxygens (including phenoxy) is 1. The molecule has 0 aliphatic carbocycles. The fourth-order valence-electron chi connectivity index (χ4n) is 2.79. The van der Waals surface area contributed by atoms with Gasteiger partial charge in [0.15, 0.2) is 0 Å². The highest BCUT2D eigenvalue weighted by Gasteiger charge is 2.17. The van der Waals surface area contributed by atoms with Crippen LogP contribution in [0.5, 0.6) is 0 Å². The molecule has 1 amide bonds.